The van der Waals surface area contributed by atoms with Gasteiger partial charge in [-0.3, -0.25) is 9.59 Å². The molecule has 0 aliphatic carbocycles. The van der Waals surface area contributed by atoms with Gasteiger partial charge in [0.1, 0.15) is 18.0 Å². The number of nitrogens with one attached hydrogen (secondary N) is 3. The lowest BCUT2D eigenvalue weighted by Crippen LogP contribution is -2.46. The van der Waals surface area contributed by atoms with Crippen LogP contribution < -0.4 is 16.0 Å². The number of nitrogens with zero attached hydrogens (tertiary/aromatic N) is 2. The summed E-state index contributed by atoms with van der Waals surface area (Å²) >= 11 is 0. The van der Waals surface area contributed by atoms with E-state index in [0.717, 1.165) is 55.7 Å². The summed E-state index contributed by atoms with van der Waals surface area (Å²) in [6, 6.07) is 11.9. The largest absolute Gasteiger partial charge is 0.367 e. The van der Waals surface area contributed by atoms with Crippen molar-refractivity contribution in [1.82, 2.24) is 15.5 Å². The molecule has 0 aromatic heterocycles. The number of rotatable bonds is 5. The van der Waals surface area contributed by atoms with Crippen molar-refractivity contribution in [3.8, 4) is 17.2 Å². The molecular formula is C28H32FN5O3. The Kier molecular flexibility index (Phi) is 7.24. The number of likely N-dealkylation sites (tertiary alicyclic amines) is 1. The number of anilines is 1. The first-order chi connectivity index (χ1) is 17.9. The van der Waals surface area contributed by atoms with Crippen LogP contribution in [0.5, 0.6) is 0 Å². The molecule has 2 atom stereocenters. The standard InChI is InChI=1S/C28H32FN5O3/c1-34-10-7-28(8-11-34)22-14-18(5-6-24(22)33-27(28)36)19-3-4-20(23(29)15-19)13-21(16-30)32-26(35)25-17-31-9-2-12-37-25/h3-6,14-15,21,25,31H,2,7-13,17H2,1H3,(H,32,35)(H,33,36)/t21-,25-/m0/s1. The molecule has 0 bridgehead atoms. The van der Waals surface area contributed by atoms with Gasteiger partial charge in [-0.25, -0.2) is 4.39 Å². The molecule has 3 aliphatic rings. The Morgan fingerprint density at radius 2 is 2.03 bits per heavy atom. The first kappa shape index (κ1) is 25.3. The fourth-order valence-corrected chi connectivity index (χ4v) is 5.48. The van der Waals surface area contributed by atoms with Crippen LogP contribution in [0.4, 0.5) is 10.1 Å². The van der Waals surface area contributed by atoms with Crippen LogP contribution >= 0.6 is 0 Å². The molecule has 2 saturated heterocycles. The summed E-state index contributed by atoms with van der Waals surface area (Å²) in [5, 5.41) is 18.4. The van der Waals surface area contributed by atoms with E-state index in [1.807, 2.05) is 24.3 Å². The highest BCUT2D eigenvalue weighted by molar-refractivity contribution is 6.06. The lowest BCUT2D eigenvalue weighted by atomic mass is 9.73. The number of halogens is 1. The number of ether oxygens (including phenoxy) is 1. The van der Waals surface area contributed by atoms with Gasteiger partial charge in [0.25, 0.3) is 5.91 Å². The maximum atomic E-state index is 15.2. The Labute approximate surface area is 216 Å². The monoisotopic (exact) mass is 505 g/mol. The van der Waals surface area contributed by atoms with E-state index in [1.54, 1.807) is 6.07 Å². The summed E-state index contributed by atoms with van der Waals surface area (Å²) in [5.41, 5.74) is 3.15. The lowest BCUT2D eigenvalue weighted by molar-refractivity contribution is -0.132. The molecule has 3 heterocycles. The van der Waals surface area contributed by atoms with Crippen molar-refractivity contribution in [2.75, 3.05) is 45.2 Å². The van der Waals surface area contributed by atoms with Gasteiger partial charge in [0, 0.05) is 25.3 Å². The van der Waals surface area contributed by atoms with E-state index in [0.29, 0.717) is 24.3 Å². The molecule has 3 N–H and O–H groups in total. The van der Waals surface area contributed by atoms with Gasteiger partial charge in [-0.1, -0.05) is 18.2 Å². The second kappa shape index (κ2) is 10.6. The topological polar surface area (TPSA) is 106 Å². The number of fused-ring (bicyclic) bond motifs is 2. The molecule has 1 spiro atoms. The van der Waals surface area contributed by atoms with Crippen LogP contribution in [0.25, 0.3) is 11.1 Å². The molecule has 2 amide bonds. The molecule has 5 rings (SSSR count). The Morgan fingerprint density at radius 3 is 2.78 bits per heavy atom. The second-order valence-electron chi connectivity index (χ2n) is 10.2. The Bertz CT molecular complexity index is 1230. The minimum absolute atomic E-state index is 0.0453. The number of hydrogen-bond donors (Lipinski definition) is 3. The highest BCUT2D eigenvalue weighted by Gasteiger charge is 2.48. The zero-order valence-corrected chi connectivity index (χ0v) is 21.0. The van der Waals surface area contributed by atoms with E-state index >= 15 is 4.39 Å². The molecular weight excluding hydrogens is 473 g/mol. The van der Waals surface area contributed by atoms with Crippen LogP contribution in [0.1, 0.15) is 30.4 Å². The van der Waals surface area contributed by atoms with Crippen molar-refractivity contribution in [3.05, 3.63) is 53.3 Å². The number of benzene rings is 2. The number of carbonyl (C=O) groups excluding carboxylic acids is 2. The first-order valence-corrected chi connectivity index (χ1v) is 12.9. The maximum Gasteiger partial charge on any atom is 0.251 e. The summed E-state index contributed by atoms with van der Waals surface area (Å²) in [7, 11) is 2.06. The summed E-state index contributed by atoms with van der Waals surface area (Å²) in [6.07, 6.45) is 1.70. The molecule has 2 fully saturated rings. The van der Waals surface area contributed by atoms with Crippen molar-refractivity contribution in [1.29, 1.82) is 5.26 Å². The fourth-order valence-electron chi connectivity index (χ4n) is 5.48. The number of nitriles is 1. The van der Waals surface area contributed by atoms with E-state index in [-0.39, 0.29) is 18.2 Å². The van der Waals surface area contributed by atoms with Gasteiger partial charge in [-0.2, -0.15) is 5.26 Å². The van der Waals surface area contributed by atoms with Crippen LogP contribution in [-0.4, -0.2) is 68.7 Å². The number of amides is 2. The van der Waals surface area contributed by atoms with E-state index in [1.165, 1.54) is 6.07 Å². The van der Waals surface area contributed by atoms with Crippen molar-refractivity contribution in [2.24, 2.45) is 0 Å². The van der Waals surface area contributed by atoms with Crippen LogP contribution in [0, 0.1) is 17.1 Å². The van der Waals surface area contributed by atoms with Gasteiger partial charge in [0.2, 0.25) is 5.91 Å². The summed E-state index contributed by atoms with van der Waals surface area (Å²) in [5.74, 6) is -0.769. The highest BCUT2D eigenvalue weighted by atomic mass is 19.1. The van der Waals surface area contributed by atoms with Gasteiger partial charge in [0.05, 0.1) is 11.5 Å². The van der Waals surface area contributed by atoms with E-state index in [4.69, 9.17) is 4.74 Å². The van der Waals surface area contributed by atoms with Crippen molar-refractivity contribution < 1.29 is 18.7 Å². The summed E-state index contributed by atoms with van der Waals surface area (Å²) in [6.45, 7) is 3.33. The minimum atomic E-state index is -0.874. The maximum absolute atomic E-state index is 15.2. The molecule has 0 radical (unpaired) electrons. The molecule has 9 heteroatoms. The van der Waals surface area contributed by atoms with Crippen LogP contribution in [0.15, 0.2) is 36.4 Å². The van der Waals surface area contributed by atoms with E-state index < -0.39 is 23.4 Å². The summed E-state index contributed by atoms with van der Waals surface area (Å²) in [4.78, 5) is 27.7. The fraction of sp³-hybridized carbons (Fsp3) is 0.464. The average Bonchev–Trinajstić information content (AvgIpc) is 3.06. The third-order valence-electron chi connectivity index (χ3n) is 7.78. The quantitative estimate of drug-likeness (QED) is 0.576. The van der Waals surface area contributed by atoms with Crippen molar-refractivity contribution in [3.63, 3.8) is 0 Å². The molecule has 8 nitrogen and oxygen atoms in total. The van der Waals surface area contributed by atoms with Crippen LogP contribution in [0.2, 0.25) is 0 Å². The molecule has 0 saturated carbocycles. The first-order valence-electron chi connectivity index (χ1n) is 12.9. The van der Waals surface area contributed by atoms with Crippen molar-refractivity contribution >= 4 is 17.5 Å². The minimum Gasteiger partial charge on any atom is -0.367 e. The molecule has 0 unspecified atom stereocenters. The normalized spacial score (nSPS) is 22.0. The SMILES string of the molecule is CN1CCC2(CC1)C(=O)Nc1ccc(-c3ccc(C[C@@H](C#N)NC(=O)[C@@H]4CNCCCO4)c(F)c3)cc12. The Balaban J connectivity index is 1.31. The van der Waals surface area contributed by atoms with Crippen molar-refractivity contribution in [2.45, 2.75) is 43.2 Å². The molecule has 37 heavy (non-hydrogen) atoms. The second-order valence-corrected chi connectivity index (χ2v) is 10.2. The molecule has 2 aromatic rings. The van der Waals surface area contributed by atoms with Gasteiger partial charge in [0.15, 0.2) is 0 Å². The number of hydrogen-bond acceptors (Lipinski definition) is 6. The van der Waals surface area contributed by atoms with E-state index in [9.17, 15) is 14.9 Å². The van der Waals surface area contributed by atoms with Gasteiger partial charge < -0.3 is 25.6 Å². The zero-order chi connectivity index (χ0) is 26.0. The predicted molar refractivity (Wildman–Crippen MR) is 137 cm³/mol. The van der Waals surface area contributed by atoms with Gasteiger partial charge in [-0.15, -0.1) is 0 Å². The average molecular weight is 506 g/mol. The lowest BCUT2D eigenvalue weighted by Gasteiger charge is -2.36. The number of carbonyl (C=O) groups is 2. The third-order valence-corrected chi connectivity index (χ3v) is 7.78. The predicted octanol–water partition coefficient (Wildman–Crippen LogP) is 2.34. The Morgan fingerprint density at radius 1 is 1.27 bits per heavy atom. The summed E-state index contributed by atoms with van der Waals surface area (Å²) < 4.78 is 20.7. The van der Waals surface area contributed by atoms with E-state index in [2.05, 4.69) is 34.0 Å². The number of piperidine rings is 1. The molecule has 3 aliphatic heterocycles. The highest BCUT2D eigenvalue weighted by Crippen LogP contribution is 2.46. The third kappa shape index (κ3) is 5.10. The zero-order valence-electron chi connectivity index (χ0n) is 21.0. The van der Waals surface area contributed by atoms with Crippen LogP contribution in [-0.2, 0) is 26.2 Å². The smallest absolute Gasteiger partial charge is 0.251 e. The van der Waals surface area contributed by atoms with Gasteiger partial charge in [-0.05, 0) is 86.4 Å². The van der Waals surface area contributed by atoms with Crippen LogP contribution in [0.3, 0.4) is 0 Å². The van der Waals surface area contributed by atoms with Gasteiger partial charge >= 0.3 is 0 Å². The Hall–Kier alpha value is -3.32. The molecule has 194 valence electrons. The molecule has 2 aromatic carbocycles.